The molecule has 1 aromatic carbocycles. The fraction of sp³-hybridized carbons (Fsp3) is 0.533. The largest absolute Gasteiger partial charge is 0.497 e. The van der Waals surface area contributed by atoms with Crippen LogP contribution in [0.2, 0.25) is 0 Å². The summed E-state index contributed by atoms with van der Waals surface area (Å²) in [5, 5.41) is 0. The van der Waals surface area contributed by atoms with Crippen LogP contribution in [-0.4, -0.2) is 31.8 Å². The molecule has 0 spiro atoms. The van der Waals surface area contributed by atoms with Crippen molar-refractivity contribution in [2.75, 3.05) is 14.2 Å². The number of carbonyl (C=O) groups excluding carboxylic acids is 1. The topological polar surface area (TPSA) is 70.8 Å². The van der Waals surface area contributed by atoms with Crippen LogP contribution in [0, 0.1) is 0 Å². The van der Waals surface area contributed by atoms with Crippen molar-refractivity contribution < 1.29 is 19.0 Å². The van der Waals surface area contributed by atoms with E-state index >= 15 is 0 Å². The van der Waals surface area contributed by atoms with E-state index in [4.69, 9.17) is 19.9 Å². The Kier molecular flexibility index (Phi) is 4.49. The molecule has 2 atom stereocenters. The minimum atomic E-state index is -0.926. The van der Waals surface area contributed by atoms with Crippen LogP contribution < -0.4 is 15.2 Å². The van der Waals surface area contributed by atoms with E-state index in [0.29, 0.717) is 12.8 Å². The van der Waals surface area contributed by atoms with Crippen molar-refractivity contribution >= 4 is 5.97 Å². The maximum atomic E-state index is 11.8. The highest BCUT2D eigenvalue weighted by Gasteiger charge is 2.41. The van der Waals surface area contributed by atoms with Gasteiger partial charge in [0.1, 0.15) is 23.1 Å². The van der Waals surface area contributed by atoms with Crippen molar-refractivity contribution in [2.24, 2.45) is 5.73 Å². The third-order valence-electron chi connectivity index (χ3n) is 3.70. The third kappa shape index (κ3) is 3.22. The number of carbonyl (C=O) groups is 1. The molecule has 20 heavy (non-hydrogen) atoms. The van der Waals surface area contributed by atoms with Crippen LogP contribution in [0.3, 0.4) is 0 Å². The van der Waals surface area contributed by atoms with E-state index in [1.165, 1.54) is 7.11 Å². The number of nitrogens with two attached hydrogens (primary N) is 1. The van der Waals surface area contributed by atoms with Crippen molar-refractivity contribution in [3.05, 3.63) is 24.3 Å². The van der Waals surface area contributed by atoms with Gasteiger partial charge in [0.15, 0.2) is 0 Å². The van der Waals surface area contributed by atoms with Crippen molar-refractivity contribution in [1.82, 2.24) is 0 Å². The molecule has 1 aromatic rings. The summed E-state index contributed by atoms with van der Waals surface area (Å²) in [4.78, 5) is 11.8. The van der Waals surface area contributed by atoms with Gasteiger partial charge < -0.3 is 19.9 Å². The zero-order valence-corrected chi connectivity index (χ0v) is 11.9. The molecule has 0 bridgehead atoms. The molecule has 0 amide bonds. The third-order valence-corrected chi connectivity index (χ3v) is 3.70. The van der Waals surface area contributed by atoms with E-state index in [2.05, 4.69) is 0 Å². The van der Waals surface area contributed by atoms with Crippen LogP contribution in [-0.2, 0) is 9.53 Å². The van der Waals surface area contributed by atoms with E-state index in [1.807, 2.05) is 24.3 Å². The van der Waals surface area contributed by atoms with Gasteiger partial charge in [-0.25, -0.2) is 0 Å². The Labute approximate surface area is 119 Å². The highest BCUT2D eigenvalue weighted by atomic mass is 16.5. The molecule has 2 rings (SSSR count). The van der Waals surface area contributed by atoms with Crippen molar-refractivity contribution in [3.8, 4) is 11.5 Å². The molecule has 2 unspecified atom stereocenters. The molecule has 5 nitrogen and oxygen atoms in total. The monoisotopic (exact) mass is 279 g/mol. The van der Waals surface area contributed by atoms with E-state index in [9.17, 15) is 4.79 Å². The van der Waals surface area contributed by atoms with Crippen LogP contribution in [0.5, 0.6) is 11.5 Å². The predicted octanol–water partition coefficient (Wildman–Crippen LogP) is 1.89. The lowest BCUT2D eigenvalue weighted by Crippen LogP contribution is -2.53. The van der Waals surface area contributed by atoms with Gasteiger partial charge in [-0.15, -0.1) is 0 Å². The summed E-state index contributed by atoms with van der Waals surface area (Å²) >= 11 is 0. The quantitative estimate of drug-likeness (QED) is 0.852. The summed E-state index contributed by atoms with van der Waals surface area (Å²) in [5.41, 5.74) is 5.20. The smallest absolute Gasteiger partial charge is 0.325 e. The van der Waals surface area contributed by atoms with Gasteiger partial charge in [-0.05, 0) is 43.5 Å². The fourth-order valence-corrected chi connectivity index (χ4v) is 2.59. The van der Waals surface area contributed by atoms with Crippen LogP contribution >= 0.6 is 0 Å². The molecule has 2 N–H and O–H groups in total. The van der Waals surface area contributed by atoms with Gasteiger partial charge in [0.05, 0.1) is 14.2 Å². The number of hydrogen-bond acceptors (Lipinski definition) is 5. The van der Waals surface area contributed by atoms with Gasteiger partial charge in [0.25, 0.3) is 0 Å². The standard InChI is InChI=1S/C15H21NO4/c1-18-11-5-7-12(8-6-11)20-13-4-3-9-15(16,10-13)14(17)19-2/h5-8,13H,3-4,9-10,16H2,1-2H3. The van der Waals surface area contributed by atoms with Gasteiger partial charge in [-0.2, -0.15) is 0 Å². The molecule has 0 radical (unpaired) electrons. The molecule has 110 valence electrons. The summed E-state index contributed by atoms with van der Waals surface area (Å²) in [7, 11) is 2.99. The molecule has 0 aliphatic heterocycles. The van der Waals surface area contributed by atoms with Crippen LogP contribution in [0.1, 0.15) is 25.7 Å². The highest BCUT2D eigenvalue weighted by Crippen LogP contribution is 2.30. The van der Waals surface area contributed by atoms with E-state index in [1.54, 1.807) is 7.11 Å². The number of esters is 1. The lowest BCUT2D eigenvalue weighted by molar-refractivity contribution is -0.149. The minimum Gasteiger partial charge on any atom is -0.497 e. The second-order valence-electron chi connectivity index (χ2n) is 5.16. The molecule has 1 aliphatic rings. The Bertz CT molecular complexity index is 459. The molecule has 5 heteroatoms. The van der Waals surface area contributed by atoms with Crippen molar-refractivity contribution in [2.45, 2.75) is 37.3 Å². The summed E-state index contributed by atoms with van der Waals surface area (Å²) in [5.74, 6) is 1.18. The van der Waals surface area contributed by atoms with Crippen LogP contribution in [0.4, 0.5) is 0 Å². The normalized spacial score (nSPS) is 25.9. The van der Waals surface area contributed by atoms with Gasteiger partial charge in [-0.1, -0.05) is 0 Å². The van der Waals surface area contributed by atoms with E-state index in [0.717, 1.165) is 24.3 Å². The Morgan fingerprint density at radius 1 is 1.25 bits per heavy atom. The van der Waals surface area contributed by atoms with Gasteiger partial charge in [-0.3, -0.25) is 4.79 Å². The maximum Gasteiger partial charge on any atom is 0.325 e. The number of benzene rings is 1. The molecule has 0 heterocycles. The molecular weight excluding hydrogens is 258 g/mol. The average Bonchev–Trinajstić information content (AvgIpc) is 2.47. The first-order valence-electron chi connectivity index (χ1n) is 6.75. The Morgan fingerprint density at radius 3 is 2.50 bits per heavy atom. The van der Waals surface area contributed by atoms with Gasteiger partial charge in [0.2, 0.25) is 0 Å². The van der Waals surface area contributed by atoms with Gasteiger partial charge in [0, 0.05) is 6.42 Å². The molecule has 1 aliphatic carbocycles. The maximum absolute atomic E-state index is 11.8. The first-order valence-corrected chi connectivity index (χ1v) is 6.75. The zero-order valence-electron chi connectivity index (χ0n) is 11.9. The van der Waals surface area contributed by atoms with Crippen LogP contribution in [0.15, 0.2) is 24.3 Å². The first-order chi connectivity index (χ1) is 9.57. The SMILES string of the molecule is COC(=O)C1(N)CCCC(Oc2ccc(OC)cc2)C1. The lowest BCUT2D eigenvalue weighted by atomic mass is 9.81. The van der Waals surface area contributed by atoms with Crippen LogP contribution in [0.25, 0.3) is 0 Å². The van der Waals surface area contributed by atoms with E-state index < -0.39 is 5.54 Å². The predicted molar refractivity (Wildman–Crippen MR) is 74.8 cm³/mol. The molecule has 1 saturated carbocycles. The summed E-state index contributed by atoms with van der Waals surface area (Å²) in [6, 6.07) is 7.38. The zero-order chi connectivity index (χ0) is 14.6. The number of hydrogen-bond donors (Lipinski definition) is 1. The summed E-state index contributed by atoms with van der Waals surface area (Å²) in [6.07, 6.45) is 2.80. The molecule has 0 aromatic heterocycles. The number of methoxy groups -OCH3 is 2. The number of rotatable bonds is 4. The average molecular weight is 279 g/mol. The second-order valence-corrected chi connectivity index (χ2v) is 5.16. The second kappa shape index (κ2) is 6.13. The summed E-state index contributed by atoms with van der Waals surface area (Å²) < 4.78 is 15.8. The summed E-state index contributed by atoms with van der Waals surface area (Å²) in [6.45, 7) is 0. The molecular formula is C15H21NO4. The van der Waals surface area contributed by atoms with Crippen molar-refractivity contribution in [1.29, 1.82) is 0 Å². The Balaban J connectivity index is 2.00. The lowest BCUT2D eigenvalue weighted by Gasteiger charge is -2.35. The van der Waals surface area contributed by atoms with Crippen molar-refractivity contribution in [3.63, 3.8) is 0 Å². The van der Waals surface area contributed by atoms with E-state index in [-0.39, 0.29) is 12.1 Å². The Morgan fingerprint density at radius 2 is 1.90 bits per heavy atom. The Hall–Kier alpha value is -1.75. The minimum absolute atomic E-state index is 0.0683. The molecule has 1 fully saturated rings. The fourth-order valence-electron chi connectivity index (χ4n) is 2.59. The number of ether oxygens (including phenoxy) is 3. The van der Waals surface area contributed by atoms with Gasteiger partial charge >= 0.3 is 5.97 Å². The highest BCUT2D eigenvalue weighted by molar-refractivity contribution is 5.80. The molecule has 0 saturated heterocycles. The first kappa shape index (κ1) is 14.7.